The van der Waals surface area contributed by atoms with Crippen LogP contribution >= 0.6 is 24.0 Å². The number of methoxy groups -OCH3 is 1. The highest BCUT2D eigenvalue weighted by Gasteiger charge is 2.36. The molecule has 0 aliphatic heterocycles. The summed E-state index contributed by atoms with van der Waals surface area (Å²) in [6.07, 6.45) is 5.43. The van der Waals surface area contributed by atoms with Gasteiger partial charge < -0.3 is 15.4 Å². The lowest BCUT2D eigenvalue weighted by molar-refractivity contribution is 0.0732. The van der Waals surface area contributed by atoms with Gasteiger partial charge in [-0.05, 0) is 31.1 Å². The minimum Gasteiger partial charge on any atom is -0.385 e. The van der Waals surface area contributed by atoms with E-state index >= 15 is 0 Å². The summed E-state index contributed by atoms with van der Waals surface area (Å²) in [5, 5.41) is 6.46. The number of hydrogen-bond donors (Lipinski definition) is 2. The fourth-order valence-electron chi connectivity index (χ4n) is 2.28. The standard InChI is InChI=1S/C13H26FN3O.HI/c1-15-12(16-9-4-8-14)17-11-13(5-3-6-13)7-10-18-2;/h3-11H2,1-2H3,(H2,15,16,17);1H. The van der Waals surface area contributed by atoms with Crippen LogP contribution in [0.15, 0.2) is 4.99 Å². The lowest BCUT2D eigenvalue weighted by Crippen LogP contribution is -2.47. The first-order valence-corrected chi connectivity index (χ1v) is 6.76. The van der Waals surface area contributed by atoms with Gasteiger partial charge in [0.05, 0.1) is 6.67 Å². The molecular weight excluding hydrogens is 360 g/mol. The first-order chi connectivity index (χ1) is 8.76. The molecule has 6 heteroatoms. The molecule has 1 aliphatic rings. The second-order valence-corrected chi connectivity index (χ2v) is 4.99. The number of alkyl halides is 1. The van der Waals surface area contributed by atoms with E-state index in [0.29, 0.717) is 18.4 Å². The van der Waals surface area contributed by atoms with E-state index in [9.17, 15) is 4.39 Å². The van der Waals surface area contributed by atoms with E-state index in [1.165, 1.54) is 19.3 Å². The van der Waals surface area contributed by atoms with Crippen LogP contribution in [-0.4, -0.2) is 46.5 Å². The SMILES string of the molecule is CN=C(NCCCF)NCC1(CCOC)CCC1.I. The summed E-state index contributed by atoms with van der Waals surface area (Å²) in [5.41, 5.74) is 0.369. The van der Waals surface area contributed by atoms with Crippen molar-refractivity contribution in [1.29, 1.82) is 0 Å². The molecule has 4 nitrogen and oxygen atoms in total. The summed E-state index contributed by atoms with van der Waals surface area (Å²) in [6.45, 7) is 2.07. The molecule has 114 valence electrons. The van der Waals surface area contributed by atoms with Crippen molar-refractivity contribution in [2.45, 2.75) is 32.1 Å². The van der Waals surface area contributed by atoms with Gasteiger partial charge in [-0.1, -0.05) is 6.42 Å². The predicted molar refractivity (Wildman–Crippen MR) is 88.1 cm³/mol. The maximum absolute atomic E-state index is 12.0. The van der Waals surface area contributed by atoms with E-state index in [1.54, 1.807) is 14.2 Å². The largest absolute Gasteiger partial charge is 0.385 e. The van der Waals surface area contributed by atoms with Crippen LogP contribution in [0.25, 0.3) is 0 Å². The molecule has 1 saturated carbocycles. The van der Waals surface area contributed by atoms with E-state index in [-0.39, 0.29) is 30.7 Å². The summed E-state index contributed by atoms with van der Waals surface area (Å²) < 4.78 is 17.2. The second kappa shape index (κ2) is 10.7. The van der Waals surface area contributed by atoms with E-state index in [4.69, 9.17) is 4.74 Å². The van der Waals surface area contributed by atoms with Crippen molar-refractivity contribution < 1.29 is 9.13 Å². The average molecular weight is 387 g/mol. The summed E-state index contributed by atoms with van der Waals surface area (Å²) >= 11 is 0. The summed E-state index contributed by atoms with van der Waals surface area (Å²) in [4.78, 5) is 4.14. The van der Waals surface area contributed by atoms with Crippen LogP contribution in [0.2, 0.25) is 0 Å². The molecule has 0 atom stereocenters. The van der Waals surface area contributed by atoms with Gasteiger partial charge in [-0.2, -0.15) is 0 Å². The number of aliphatic imine (C=N–C) groups is 1. The number of guanidine groups is 1. The number of rotatable bonds is 8. The van der Waals surface area contributed by atoms with Crippen molar-refractivity contribution in [3.63, 3.8) is 0 Å². The maximum atomic E-state index is 12.0. The van der Waals surface area contributed by atoms with Gasteiger partial charge in [-0.15, -0.1) is 24.0 Å². The third-order valence-corrected chi connectivity index (χ3v) is 3.71. The molecule has 1 aliphatic carbocycles. The Morgan fingerprint density at radius 2 is 2.11 bits per heavy atom. The van der Waals surface area contributed by atoms with Crippen LogP contribution in [0.4, 0.5) is 4.39 Å². The fraction of sp³-hybridized carbons (Fsp3) is 0.923. The number of hydrogen-bond acceptors (Lipinski definition) is 2. The summed E-state index contributed by atoms with van der Waals surface area (Å²) in [6, 6.07) is 0. The van der Waals surface area contributed by atoms with Gasteiger partial charge in [0.25, 0.3) is 0 Å². The molecular formula is C13H27FIN3O. The number of nitrogens with zero attached hydrogens (tertiary/aromatic N) is 1. The van der Waals surface area contributed by atoms with Crippen molar-refractivity contribution in [2.75, 3.05) is 40.5 Å². The maximum Gasteiger partial charge on any atom is 0.190 e. The van der Waals surface area contributed by atoms with Crippen molar-refractivity contribution >= 4 is 29.9 Å². The van der Waals surface area contributed by atoms with Gasteiger partial charge in [0, 0.05) is 33.9 Å². The van der Waals surface area contributed by atoms with Gasteiger partial charge in [-0.3, -0.25) is 9.38 Å². The van der Waals surface area contributed by atoms with Gasteiger partial charge in [-0.25, -0.2) is 0 Å². The third kappa shape index (κ3) is 6.74. The van der Waals surface area contributed by atoms with Crippen LogP contribution in [0.1, 0.15) is 32.1 Å². The van der Waals surface area contributed by atoms with E-state index in [1.807, 2.05) is 0 Å². The van der Waals surface area contributed by atoms with Crippen molar-refractivity contribution in [3.8, 4) is 0 Å². The molecule has 19 heavy (non-hydrogen) atoms. The molecule has 0 spiro atoms. The monoisotopic (exact) mass is 387 g/mol. The summed E-state index contributed by atoms with van der Waals surface area (Å²) in [5.74, 6) is 0.771. The molecule has 0 unspecified atom stereocenters. The average Bonchev–Trinajstić information content (AvgIpc) is 2.35. The van der Waals surface area contributed by atoms with E-state index in [0.717, 1.165) is 25.5 Å². The molecule has 0 aromatic carbocycles. The Balaban J connectivity index is 0.00000324. The van der Waals surface area contributed by atoms with Crippen LogP contribution < -0.4 is 10.6 Å². The highest BCUT2D eigenvalue weighted by atomic mass is 127. The molecule has 2 N–H and O–H groups in total. The quantitative estimate of drug-likeness (QED) is 0.291. The molecule has 0 amide bonds. The van der Waals surface area contributed by atoms with Gasteiger partial charge in [0.15, 0.2) is 5.96 Å². The molecule has 1 rings (SSSR count). The number of halogens is 2. The lowest BCUT2D eigenvalue weighted by atomic mass is 9.67. The smallest absolute Gasteiger partial charge is 0.190 e. The zero-order chi connectivity index (χ0) is 13.3. The zero-order valence-corrected chi connectivity index (χ0v) is 14.3. The van der Waals surface area contributed by atoms with Crippen molar-refractivity contribution in [3.05, 3.63) is 0 Å². The van der Waals surface area contributed by atoms with Crippen LogP contribution in [0.5, 0.6) is 0 Å². The Kier molecular flexibility index (Phi) is 10.6. The van der Waals surface area contributed by atoms with Crippen molar-refractivity contribution in [2.24, 2.45) is 10.4 Å². The lowest BCUT2D eigenvalue weighted by Gasteiger charge is -2.42. The summed E-state index contributed by atoms with van der Waals surface area (Å²) in [7, 11) is 3.49. The Bertz CT molecular complexity index is 260. The molecule has 0 saturated heterocycles. The minimum absolute atomic E-state index is 0. The topological polar surface area (TPSA) is 45.7 Å². The Labute approximate surface area is 133 Å². The minimum atomic E-state index is -0.290. The second-order valence-electron chi connectivity index (χ2n) is 4.99. The normalized spacial score (nSPS) is 17.3. The number of nitrogens with one attached hydrogen (secondary N) is 2. The Morgan fingerprint density at radius 3 is 2.58 bits per heavy atom. The molecule has 0 heterocycles. The molecule has 1 fully saturated rings. The van der Waals surface area contributed by atoms with Crippen LogP contribution in [0.3, 0.4) is 0 Å². The zero-order valence-electron chi connectivity index (χ0n) is 12.0. The first kappa shape index (κ1) is 18.9. The predicted octanol–water partition coefficient (Wildman–Crippen LogP) is 2.34. The molecule has 0 bridgehead atoms. The van der Waals surface area contributed by atoms with Gasteiger partial charge in [0.1, 0.15) is 0 Å². The van der Waals surface area contributed by atoms with E-state index in [2.05, 4.69) is 15.6 Å². The van der Waals surface area contributed by atoms with Crippen molar-refractivity contribution in [1.82, 2.24) is 10.6 Å². The Morgan fingerprint density at radius 1 is 1.37 bits per heavy atom. The highest BCUT2D eigenvalue weighted by molar-refractivity contribution is 14.0. The number of ether oxygens (including phenoxy) is 1. The van der Waals surface area contributed by atoms with E-state index < -0.39 is 0 Å². The van der Waals surface area contributed by atoms with Gasteiger partial charge in [0.2, 0.25) is 0 Å². The first-order valence-electron chi connectivity index (χ1n) is 6.76. The van der Waals surface area contributed by atoms with Gasteiger partial charge >= 0.3 is 0 Å². The highest BCUT2D eigenvalue weighted by Crippen LogP contribution is 2.43. The Hall–Kier alpha value is -0.110. The molecule has 0 aromatic heterocycles. The fourth-order valence-corrected chi connectivity index (χ4v) is 2.28. The molecule has 0 radical (unpaired) electrons. The third-order valence-electron chi connectivity index (χ3n) is 3.71. The molecule has 0 aromatic rings. The van der Waals surface area contributed by atoms with Crippen LogP contribution in [0, 0.1) is 5.41 Å². The van der Waals surface area contributed by atoms with Crippen LogP contribution in [-0.2, 0) is 4.74 Å².